The summed E-state index contributed by atoms with van der Waals surface area (Å²) in [5, 5.41) is 0.749. The normalized spacial score (nSPS) is 12.0. The third-order valence-corrected chi connectivity index (χ3v) is 4.98. The molecule has 4 rings (SSSR count). The zero-order valence-corrected chi connectivity index (χ0v) is 16.6. The number of benzene rings is 2. The number of nitrogens with two attached hydrogens (primary N) is 1. The number of nitrogens with zero attached hydrogens (tertiary/aromatic N) is 4. The molecule has 1 unspecified atom stereocenters. The zero-order chi connectivity index (χ0) is 20.1. The number of hydrogen-bond donors (Lipinski definition) is 1. The van der Waals surface area contributed by atoms with Crippen molar-refractivity contribution in [1.82, 2.24) is 19.1 Å². The summed E-state index contributed by atoms with van der Waals surface area (Å²) in [7, 11) is 0. The molecule has 0 bridgehead atoms. The number of aryl methyl sites for hydroxylation is 1. The van der Waals surface area contributed by atoms with E-state index in [0.29, 0.717) is 5.95 Å². The average molecular weight is 408 g/mol. The lowest BCUT2D eigenvalue weighted by atomic mass is 10.1. The first-order chi connectivity index (χ1) is 14.2. The molecular formula is C22H22ClN5O. The molecular weight excluding hydrogens is 386 g/mol. The summed E-state index contributed by atoms with van der Waals surface area (Å²) >= 11 is 5.99. The van der Waals surface area contributed by atoms with Crippen molar-refractivity contribution in [1.29, 1.82) is 0 Å². The van der Waals surface area contributed by atoms with Gasteiger partial charge >= 0.3 is 0 Å². The standard InChI is InChI=1S/C22H22ClN5O/c23-18-4-1-17(2-5-18)3-8-21(15-27-13-11-25-16-27)29-20-9-6-19(7-10-20)28-14-12-26-22(28)24/h1-2,4-7,9-14,16,21H,3,8,15H2,(H2,24,26). The second-order valence-electron chi connectivity index (χ2n) is 6.81. The van der Waals surface area contributed by atoms with Crippen molar-refractivity contribution in [2.24, 2.45) is 0 Å². The van der Waals surface area contributed by atoms with Crippen LogP contribution in [0.25, 0.3) is 5.69 Å². The summed E-state index contributed by atoms with van der Waals surface area (Å²) in [4.78, 5) is 8.19. The van der Waals surface area contributed by atoms with Crippen molar-refractivity contribution in [2.75, 3.05) is 5.73 Å². The largest absolute Gasteiger partial charge is 0.489 e. The highest BCUT2D eigenvalue weighted by Gasteiger charge is 2.13. The van der Waals surface area contributed by atoms with Crippen molar-refractivity contribution in [3.8, 4) is 11.4 Å². The number of halogens is 1. The molecule has 2 aromatic carbocycles. The molecule has 0 radical (unpaired) electrons. The van der Waals surface area contributed by atoms with Crippen LogP contribution in [0.4, 0.5) is 5.95 Å². The van der Waals surface area contributed by atoms with Gasteiger partial charge in [0.25, 0.3) is 0 Å². The molecule has 0 aliphatic rings. The number of ether oxygens (including phenoxy) is 1. The van der Waals surface area contributed by atoms with E-state index in [2.05, 4.69) is 22.1 Å². The quantitative estimate of drug-likeness (QED) is 0.470. The zero-order valence-electron chi connectivity index (χ0n) is 15.9. The highest BCUT2D eigenvalue weighted by atomic mass is 35.5. The second-order valence-corrected chi connectivity index (χ2v) is 7.25. The molecule has 1 atom stereocenters. The van der Waals surface area contributed by atoms with E-state index in [1.54, 1.807) is 12.4 Å². The lowest BCUT2D eigenvalue weighted by molar-refractivity contribution is 0.170. The van der Waals surface area contributed by atoms with Crippen LogP contribution in [-0.4, -0.2) is 25.2 Å². The fourth-order valence-corrected chi connectivity index (χ4v) is 3.33. The van der Waals surface area contributed by atoms with E-state index in [-0.39, 0.29) is 6.10 Å². The molecule has 0 aliphatic heterocycles. The summed E-state index contributed by atoms with van der Waals surface area (Å²) in [5.74, 6) is 1.27. The van der Waals surface area contributed by atoms with Crippen molar-refractivity contribution in [2.45, 2.75) is 25.5 Å². The van der Waals surface area contributed by atoms with E-state index in [4.69, 9.17) is 22.1 Å². The van der Waals surface area contributed by atoms with Gasteiger partial charge in [-0.3, -0.25) is 4.57 Å². The molecule has 0 aliphatic carbocycles. The molecule has 0 saturated carbocycles. The Morgan fingerprint density at radius 2 is 1.79 bits per heavy atom. The van der Waals surface area contributed by atoms with Gasteiger partial charge in [-0.15, -0.1) is 0 Å². The van der Waals surface area contributed by atoms with E-state index in [9.17, 15) is 0 Å². The predicted molar refractivity (Wildman–Crippen MR) is 114 cm³/mol. The predicted octanol–water partition coefficient (Wildman–Crippen LogP) is 4.38. The van der Waals surface area contributed by atoms with Crippen LogP contribution in [0.1, 0.15) is 12.0 Å². The van der Waals surface area contributed by atoms with Crippen LogP contribution in [0.15, 0.2) is 79.6 Å². The van der Waals surface area contributed by atoms with Crippen LogP contribution < -0.4 is 10.5 Å². The maximum absolute atomic E-state index is 6.31. The number of nitrogen functional groups attached to an aromatic ring is 1. The maximum Gasteiger partial charge on any atom is 0.204 e. The first-order valence-electron chi connectivity index (χ1n) is 9.43. The van der Waals surface area contributed by atoms with Crippen LogP contribution in [0.3, 0.4) is 0 Å². The summed E-state index contributed by atoms with van der Waals surface area (Å²) in [6.07, 6.45) is 10.8. The Hall–Kier alpha value is -3.25. The summed E-state index contributed by atoms with van der Waals surface area (Å²) < 4.78 is 10.2. The third-order valence-electron chi connectivity index (χ3n) is 4.73. The average Bonchev–Trinajstić information content (AvgIpc) is 3.40. The van der Waals surface area contributed by atoms with Crippen molar-refractivity contribution < 1.29 is 4.74 Å². The van der Waals surface area contributed by atoms with Crippen LogP contribution >= 0.6 is 11.6 Å². The van der Waals surface area contributed by atoms with Crippen molar-refractivity contribution >= 4 is 17.5 Å². The molecule has 29 heavy (non-hydrogen) atoms. The Morgan fingerprint density at radius 3 is 2.45 bits per heavy atom. The number of imidazole rings is 2. The minimum atomic E-state index is 0.00374. The van der Waals surface area contributed by atoms with Gasteiger partial charge in [0.2, 0.25) is 5.95 Å². The molecule has 6 nitrogen and oxygen atoms in total. The van der Waals surface area contributed by atoms with Gasteiger partial charge in [0, 0.05) is 35.5 Å². The van der Waals surface area contributed by atoms with E-state index in [1.165, 1.54) is 5.56 Å². The second kappa shape index (κ2) is 8.84. The van der Waals surface area contributed by atoms with Gasteiger partial charge in [-0.2, -0.15) is 0 Å². The van der Waals surface area contributed by atoms with Gasteiger partial charge in [-0.05, 0) is 54.8 Å². The molecule has 2 N–H and O–H groups in total. The molecule has 0 fully saturated rings. The fourth-order valence-electron chi connectivity index (χ4n) is 3.21. The lowest BCUT2D eigenvalue weighted by Gasteiger charge is -2.20. The molecule has 2 aromatic heterocycles. The molecule has 2 heterocycles. The van der Waals surface area contributed by atoms with Crippen molar-refractivity contribution in [3.63, 3.8) is 0 Å². The van der Waals surface area contributed by atoms with Crippen LogP contribution in [0.2, 0.25) is 5.02 Å². The summed E-state index contributed by atoms with van der Waals surface area (Å²) in [5.41, 5.74) is 8.05. The molecule has 148 valence electrons. The van der Waals surface area contributed by atoms with Gasteiger partial charge in [0.1, 0.15) is 11.9 Å². The van der Waals surface area contributed by atoms with Crippen LogP contribution in [-0.2, 0) is 13.0 Å². The highest BCUT2D eigenvalue weighted by Crippen LogP contribution is 2.21. The maximum atomic E-state index is 6.31. The van der Waals surface area contributed by atoms with Gasteiger partial charge in [0.05, 0.1) is 12.9 Å². The molecule has 0 saturated heterocycles. The Kier molecular flexibility index (Phi) is 5.81. The van der Waals surface area contributed by atoms with Crippen LogP contribution in [0.5, 0.6) is 5.75 Å². The minimum absolute atomic E-state index is 0.00374. The monoisotopic (exact) mass is 407 g/mol. The first-order valence-corrected chi connectivity index (χ1v) is 9.81. The van der Waals surface area contributed by atoms with Gasteiger partial charge in [0.15, 0.2) is 0 Å². The van der Waals surface area contributed by atoms with Crippen molar-refractivity contribution in [3.05, 3.63) is 90.2 Å². The van der Waals surface area contributed by atoms with E-state index < -0.39 is 0 Å². The van der Waals surface area contributed by atoms with E-state index in [1.807, 2.05) is 64.3 Å². The Bertz CT molecular complexity index is 1030. The molecule has 7 heteroatoms. The van der Waals surface area contributed by atoms with Gasteiger partial charge < -0.3 is 15.0 Å². The minimum Gasteiger partial charge on any atom is -0.489 e. The van der Waals surface area contributed by atoms with E-state index in [0.717, 1.165) is 35.8 Å². The first kappa shape index (κ1) is 19.1. The molecule has 0 amide bonds. The Morgan fingerprint density at radius 1 is 1.00 bits per heavy atom. The summed E-state index contributed by atoms with van der Waals surface area (Å²) in [6.45, 7) is 0.726. The van der Waals surface area contributed by atoms with E-state index >= 15 is 0 Å². The smallest absolute Gasteiger partial charge is 0.204 e. The lowest BCUT2D eigenvalue weighted by Crippen LogP contribution is -2.23. The number of rotatable bonds is 8. The SMILES string of the molecule is Nc1nccn1-c1ccc(OC(CCc2ccc(Cl)cc2)Cn2ccnc2)cc1. The van der Waals surface area contributed by atoms with Gasteiger partial charge in [-0.1, -0.05) is 23.7 Å². The molecule has 4 aromatic rings. The topological polar surface area (TPSA) is 70.9 Å². The third kappa shape index (κ3) is 4.97. The number of anilines is 1. The van der Waals surface area contributed by atoms with Crippen LogP contribution in [0, 0.1) is 0 Å². The highest BCUT2D eigenvalue weighted by molar-refractivity contribution is 6.30. The Labute approximate surface area is 174 Å². The number of aromatic nitrogens is 4. The summed E-state index contributed by atoms with van der Waals surface area (Å²) in [6, 6.07) is 15.8. The van der Waals surface area contributed by atoms with Gasteiger partial charge in [-0.25, -0.2) is 9.97 Å². The Balaban J connectivity index is 1.45. The number of hydrogen-bond acceptors (Lipinski definition) is 4. The fraction of sp³-hybridized carbons (Fsp3) is 0.182. The molecule has 0 spiro atoms.